The second-order valence-corrected chi connectivity index (χ2v) is 7.85. The number of piperidine rings is 1. The van der Waals surface area contributed by atoms with Crippen LogP contribution in [0.5, 0.6) is 0 Å². The zero-order valence-corrected chi connectivity index (χ0v) is 12.5. The normalized spacial score (nSPS) is 44.7. The predicted molar refractivity (Wildman–Crippen MR) is 79.2 cm³/mol. The van der Waals surface area contributed by atoms with E-state index in [1.54, 1.807) is 19.3 Å². The van der Waals surface area contributed by atoms with E-state index in [0.717, 1.165) is 35.9 Å². The Morgan fingerprint density at radius 1 is 1.00 bits per heavy atom. The highest BCUT2D eigenvalue weighted by Crippen LogP contribution is 2.50. The Morgan fingerprint density at radius 3 is 2.58 bits per heavy atom. The van der Waals surface area contributed by atoms with Gasteiger partial charge in [-0.3, -0.25) is 4.90 Å². The lowest BCUT2D eigenvalue weighted by atomic mass is 9.82. The molecule has 5 unspecified atom stereocenters. The summed E-state index contributed by atoms with van der Waals surface area (Å²) in [6, 6.07) is 2.52. The summed E-state index contributed by atoms with van der Waals surface area (Å²) in [4.78, 5) is 2.83. The molecule has 2 bridgehead atoms. The van der Waals surface area contributed by atoms with Crippen LogP contribution in [0, 0.1) is 17.8 Å². The van der Waals surface area contributed by atoms with Crippen molar-refractivity contribution < 1.29 is 0 Å². The van der Waals surface area contributed by atoms with Gasteiger partial charge < -0.3 is 5.32 Å². The van der Waals surface area contributed by atoms with Gasteiger partial charge in [-0.1, -0.05) is 6.42 Å². The molecule has 4 fully saturated rings. The van der Waals surface area contributed by atoms with E-state index >= 15 is 0 Å². The fraction of sp³-hybridized carbons (Fsp3) is 1.00. The molecule has 3 aliphatic carbocycles. The minimum Gasteiger partial charge on any atom is -0.310 e. The molecule has 1 N–H and O–H groups in total. The minimum atomic E-state index is 0.794. The third-order valence-electron chi connectivity index (χ3n) is 6.49. The van der Waals surface area contributed by atoms with Gasteiger partial charge in [0.05, 0.1) is 0 Å². The van der Waals surface area contributed by atoms with Crippen LogP contribution in [0.2, 0.25) is 0 Å². The van der Waals surface area contributed by atoms with Gasteiger partial charge in [-0.2, -0.15) is 0 Å². The summed E-state index contributed by atoms with van der Waals surface area (Å²) in [6.07, 6.45) is 11.9. The monoisotopic (exact) mass is 262 g/mol. The van der Waals surface area contributed by atoms with Crippen molar-refractivity contribution in [1.29, 1.82) is 0 Å². The summed E-state index contributed by atoms with van der Waals surface area (Å²) >= 11 is 0. The van der Waals surface area contributed by atoms with Gasteiger partial charge in [0.25, 0.3) is 0 Å². The summed E-state index contributed by atoms with van der Waals surface area (Å²) in [5.41, 5.74) is 0. The lowest BCUT2D eigenvalue weighted by molar-refractivity contribution is 0.0847. The maximum atomic E-state index is 3.86. The molecule has 2 nitrogen and oxygen atoms in total. The van der Waals surface area contributed by atoms with E-state index in [4.69, 9.17) is 0 Å². The average Bonchev–Trinajstić information content (AvgIpc) is 3.01. The second-order valence-electron chi connectivity index (χ2n) is 7.85. The third kappa shape index (κ3) is 2.58. The molecule has 1 heterocycles. The maximum Gasteiger partial charge on any atom is 0.0198 e. The Balaban J connectivity index is 1.35. The molecule has 0 aromatic carbocycles. The highest BCUT2D eigenvalue weighted by molar-refractivity contribution is 4.96. The van der Waals surface area contributed by atoms with Gasteiger partial charge in [0.1, 0.15) is 0 Å². The first kappa shape index (κ1) is 12.6. The van der Waals surface area contributed by atoms with Crippen molar-refractivity contribution in [2.75, 3.05) is 13.1 Å². The van der Waals surface area contributed by atoms with E-state index in [9.17, 15) is 0 Å². The van der Waals surface area contributed by atoms with Gasteiger partial charge in [0, 0.05) is 24.7 Å². The van der Waals surface area contributed by atoms with Crippen LogP contribution in [-0.2, 0) is 0 Å². The summed E-state index contributed by atoms with van der Waals surface area (Å²) in [5, 5.41) is 3.86. The van der Waals surface area contributed by atoms with Crippen molar-refractivity contribution in [3.05, 3.63) is 0 Å². The molecule has 1 aliphatic heterocycles. The summed E-state index contributed by atoms with van der Waals surface area (Å²) in [5.74, 6) is 3.21. The van der Waals surface area contributed by atoms with Crippen LogP contribution in [0.4, 0.5) is 0 Å². The molecular formula is C17H30N2. The van der Waals surface area contributed by atoms with Gasteiger partial charge in [-0.25, -0.2) is 0 Å². The molecule has 3 saturated carbocycles. The van der Waals surface area contributed by atoms with E-state index in [1.165, 1.54) is 45.2 Å². The van der Waals surface area contributed by atoms with Crippen LogP contribution in [-0.4, -0.2) is 36.1 Å². The number of nitrogens with zero attached hydrogens (tertiary/aromatic N) is 1. The Morgan fingerprint density at radius 2 is 1.89 bits per heavy atom. The first-order chi connectivity index (χ1) is 9.29. The van der Waals surface area contributed by atoms with Crippen molar-refractivity contribution in [3.63, 3.8) is 0 Å². The number of likely N-dealkylation sites (tertiary alicyclic amines) is 1. The number of fused-ring (bicyclic) bond motifs is 2. The van der Waals surface area contributed by atoms with Gasteiger partial charge in [-0.05, 0) is 76.2 Å². The van der Waals surface area contributed by atoms with Crippen molar-refractivity contribution in [2.24, 2.45) is 17.8 Å². The Hall–Kier alpha value is -0.0800. The zero-order valence-electron chi connectivity index (χ0n) is 12.5. The molecule has 108 valence electrons. The molecule has 19 heavy (non-hydrogen) atoms. The molecule has 0 spiro atoms. The first-order valence-electron chi connectivity index (χ1n) is 8.79. The number of nitrogens with one attached hydrogen (secondary N) is 1. The molecule has 4 rings (SSSR count). The average molecular weight is 262 g/mol. The SMILES string of the molecule is CC(C1CC2CCC1C2)N1CCCC(NC2CC2)C1. The fourth-order valence-corrected chi connectivity index (χ4v) is 5.25. The van der Waals surface area contributed by atoms with E-state index < -0.39 is 0 Å². The van der Waals surface area contributed by atoms with Crippen LogP contribution in [0.1, 0.15) is 58.3 Å². The van der Waals surface area contributed by atoms with E-state index in [1.807, 2.05) is 0 Å². The Labute approximate surface area is 118 Å². The van der Waals surface area contributed by atoms with Crippen LogP contribution >= 0.6 is 0 Å². The van der Waals surface area contributed by atoms with Gasteiger partial charge in [0.15, 0.2) is 0 Å². The van der Waals surface area contributed by atoms with Gasteiger partial charge >= 0.3 is 0 Å². The molecule has 0 amide bonds. The van der Waals surface area contributed by atoms with Crippen molar-refractivity contribution in [3.8, 4) is 0 Å². The van der Waals surface area contributed by atoms with Gasteiger partial charge in [0.2, 0.25) is 0 Å². The third-order valence-corrected chi connectivity index (χ3v) is 6.49. The topological polar surface area (TPSA) is 15.3 Å². The largest absolute Gasteiger partial charge is 0.310 e. The van der Waals surface area contributed by atoms with E-state index in [-0.39, 0.29) is 0 Å². The molecule has 4 aliphatic rings. The molecule has 1 saturated heterocycles. The maximum absolute atomic E-state index is 3.86. The number of rotatable bonds is 4. The quantitative estimate of drug-likeness (QED) is 0.838. The second kappa shape index (κ2) is 5.04. The fourth-order valence-electron chi connectivity index (χ4n) is 5.25. The molecule has 0 aromatic rings. The molecule has 5 atom stereocenters. The van der Waals surface area contributed by atoms with E-state index in [2.05, 4.69) is 17.1 Å². The predicted octanol–water partition coefficient (Wildman–Crippen LogP) is 3.03. The van der Waals surface area contributed by atoms with Crippen LogP contribution in [0.15, 0.2) is 0 Å². The molecule has 2 heteroatoms. The van der Waals surface area contributed by atoms with Crippen LogP contribution < -0.4 is 5.32 Å². The highest BCUT2D eigenvalue weighted by Gasteiger charge is 2.43. The molecule has 0 aromatic heterocycles. The lowest BCUT2D eigenvalue weighted by Gasteiger charge is -2.41. The summed E-state index contributed by atoms with van der Waals surface area (Å²) in [7, 11) is 0. The highest BCUT2D eigenvalue weighted by atomic mass is 15.2. The lowest BCUT2D eigenvalue weighted by Crippen LogP contribution is -2.51. The Kier molecular flexibility index (Phi) is 3.35. The standard InChI is InChI=1S/C17H30N2/c1-12(17-10-13-4-5-14(17)9-13)19-8-2-3-16(11-19)18-15-6-7-15/h12-18H,2-11H2,1H3. The van der Waals surface area contributed by atoms with Crippen LogP contribution in [0.25, 0.3) is 0 Å². The smallest absolute Gasteiger partial charge is 0.0198 e. The molecule has 0 radical (unpaired) electrons. The van der Waals surface area contributed by atoms with Crippen molar-refractivity contribution in [2.45, 2.75) is 76.4 Å². The zero-order chi connectivity index (χ0) is 12.8. The van der Waals surface area contributed by atoms with Gasteiger partial charge in [-0.15, -0.1) is 0 Å². The first-order valence-corrected chi connectivity index (χ1v) is 8.79. The van der Waals surface area contributed by atoms with Crippen LogP contribution in [0.3, 0.4) is 0 Å². The summed E-state index contributed by atoms with van der Waals surface area (Å²) < 4.78 is 0. The molecular weight excluding hydrogens is 232 g/mol. The van der Waals surface area contributed by atoms with Crippen molar-refractivity contribution >= 4 is 0 Å². The number of hydrogen-bond acceptors (Lipinski definition) is 2. The number of hydrogen-bond donors (Lipinski definition) is 1. The van der Waals surface area contributed by atoms with Crippen molar-refractivity contribution in [1.82, 2.24) is 10.2 Å². The summed E-state index contributed by atoms with van der Waals surface area (Å²) in [6.45, 7) is 5.22. The minimum absolute atomic E-state index is 0.794. The Bertz CT molecular complexity index is 325. The van der Waals surface area contributed by atoms with E-state index in [0.29, 0.717) is 0 Å².